The highest BCUT2D eigenvalue weighted by Crippen LogP contribution is 2.26. The number of thiazole rings is 1. The molecule has 31 heavy (non-hydrogen) atoms. The number of ether oxygens (including phenoxy) is 1. The van der Waals surface area contributed by atoms with Crippen molar-refractivity contribution < 1.29 is 14.8 Å². The average Bonchev–Trinajstić information content (AvgIpc) is 3.32. The highest BCUT2D eigenvalue weighted by molar-refractivity contribution is 7.11. The summed E-state index contributed by atoms with van der Waals surface area (Å²) in [6.45, 7) is 2.28. The number of hydrogen-bond acceptors (Lipinski definition) is 6. The number of imidazole rings is 1. The third-order valence-corrected chi connectivity index (χ3v) is 5.97. The lowest BCUT2D eigenvalue weighted by atomic mass is 10.3. The van der Waals surface area contributed by atoms with Gasteiger partial charge in [-0.3, -0.25) is 18.5 Å². The van der Waals surface area contributed by atoms with Gasteiger partial charge in [-0.2, -0.15) is 4.98 Å². The molecule has 1 aromatic carbocycles. The predicted molar refractivity (Wildman–Crippen MR) is 117 cm³/mol. The third-order valence-electron chi connectivity index (χ3n) is 4.78. The zero-order valence-corrected chi connectivity index (χ0v) is 18.5. The van der Waals surface area contributed by atoms with Crippen molar-refractivity contribution in [3.05, 3.63) is 66.2 Å². The van der Waals surface area contributed by atoms with Crippen molar-refractivity contribution in [2.75, 3.05) is 6.61 Å². The Bertz CT molecular complexity index is 1350. The molecule has 3 aromatic heterocycles. The summed E-state index contributed by atoms with van der Waals surface area (Å²) in [6, 6.07) is 6.97. The molecule has 11 heteroatoms. The Hall–Kier alpha value is -2.95. The Morgan fingerprint density at radius 1 is 1.23 bits per heavy atom. The van der Waals surface area contributed by atoms with Gasteiger partial charge in [-0.25, -0.2) is 9.78 Å². The van der Waals surface area contributed by atoms with Crippen LogP contribution in [0.15, 0.2) is 40.1 Å². The van der Waals surface area contributed by atoms with E-state index in [0.717, 1.165) is 14.5 Å². The molecule has 0 atom stereocenters. The lowest BCUT2D eigenvalue weighted by molar-refractivity contribution is -0.383. The van der Waals surface area contributed by atoms with Crippen LogP contribution < -0.4 is 21.0 Å². The van der Waals surface area contributed by atoms with Gasteiger partial charge in [-0.05, 0) is 37.6 Å². The highest BCUT2D eigenvalue weighted by Gasteiger charge is 2.23. The number of H-pyrrole nitrogens is 1. The molecule has 0 saturated carbocycles. The maximum absolute atomic E-state index is 13.3. The van der Waals surface area contributed by atoms with Crippen LogP contribution in [-0.2, 0) is 20.1 Å². The Morgan fingerprint density at radius 2 is 1.97 bits per heavy atom. The van der Waals surface area contributed by atoms with Crippen LogP contribution in [0.4, 0.5) is 0 Å². The van der Waals surface area contributed by atoms with Gasteiger partial charge >= 0.3 is 11.7 Å². The molecule has 0 unspecified atom stereocenters. The Labute approximate surface area is 185 Å². The van der Waals surface area contributed by atoms with Gasteiger partial charge < -0.3 is 9.84 Å². The van der Waals surface area contributed by atoms with Crippen molar-refractivity contribution in [1.82, 2.24) is 18.7 Å². The fourth-order valence-electron chi connectivity index (χ4n) is 3.27. The molecular formula is C20H21ClN5O4S+. The van der Waals surface area contributed by atoms with E-state index in [2.05, 4.69) is 9.97 Å². The van der Waals surface area contributed by atoms with E-state index in [4.69, 9.17) is 21.4 Å². The van der Waals surface area contributed by atoms with E-state index >= 15 is 0 Å². The van der Waals surface area contributed by atoms with Crippen molar-refractivity contribution in [1.29, 1.82) is 0 Å². The van der Waals surface area contributed by atoms with Gasteiger partial charge in [0.1, 0.15) is 12.3 Å². The molecule has 0 amide bonds. The minimum Gasteiger partial charge on any atom is -0.425 e. The quantitative estimate of drug-likeness (QED) is 0.452. The van der Waals surface area contributed by atoms with Gasteiger partial charge in [-0.15, -0.1) is 0 Å². The maximum Gasteiger partial charge on any atom is 0.332 e. The van der Waals surface area contributed by atoms with Crippen LogP contribution in [0, 0.1) is 6.92 Å². The molecule has 2 N–H and O–H groups in total. The Morgan fingerprint density at radius 3 is 2.61 bits per heavy atom. The zero-order chi connectivity index (χ0) is 22.1. The summed E-state index contributed by atoms with van der Waals surface area (Å²) in [6.07, 6.45) is 2.18. The first kappa shape index (κ1) is 21.3. The third kappa shape index (κ3) is 4.14. The van der Waals surface area contributed by atoms with Crippen LogP contribution in [0.25, 0.3) is 11.2 Å². The molecule has 0 spiro atoms. The van der Waals surface area contributed by atoms with Crippen LogP contribution in [-0.4, -0.2) is 30.4 Å². The number of aryl methyl sites for hydroxylation is 2. The predicted octanol–water partition coefficient (Wildman–Crippen LogP) is 1.96. The summed E-state index contributed by atoms with van der Waals surface area (Å²) in [7, 11) is 1.56. The Balaban J connectivity index is 1.92. The second-order valence-electron chi connectivity index (χ2n) is 7.01. The minimum absolute atomic E-state index is 0.112. The second kappa shape index (κ2) is 8.66. The van der Waals surface area contributed by atoms with Gasteiger partial charge in [0.15, 0.2) is 17.4 Å². The van der Waals surface area contributed by atoms with Crippen molar-refractivity contribution in [3.8, 4) is 11.8 Å². The van der Waals surface area contributed by atoms with E-state index in [1.54, 1.807) is 47.2 Å². The smallest absolute Gasteiger partial charge is 0.332 e. The van der Waals surface area contributed by atoms with Gasteiger partial charge in [0, 0.05) is 25.2 Å². The van der Waals surface area contributed by atoms with Crippen molar-refractivity contribution >= 4 is 34.1 Å². The highest BCUT2D eigenvalue weighted by atomic mass is 35.5. The van der Waals surface area contributed by atoms with Crippen LogP contribution >= 0.6 is 22.9 Å². The lowest BCUT2D eigenvalue weighted by Crippen LogP contribution is -2.40. The molecule has 0 saturated heterocycles. The van der Waals surface area contributed by atoms with Crippen molar-refractivity contribution in [3.63, 3.8) is 0 Å². The SMILES string of the molecule is Cc1c[nH+]c(Cn2c(Oc3ccc(Cl)cc3)nc3c2c(=O)n(CCCO)c(=O)n3C)s1. The first-order chi connectivity index (χ1) is 14.9. The number of aromatic nitrogens is 5. The summed E-state index contributed by atoms with van der Waals surface area (Å²) in [4.78, 5) is 34.7. The molecule has 0 bridgehead atoms. The molecule has 0 aliphatic rings. The number of rotatable bonds is 7. The van der Waals surface area contributed by atoms with E-state index < -0.39 is 11.2 Å². The number of fused-ring (bicyclic) bond motifs is 1. The van der Waals surface area contributed by atoms with Gasteiger partial charge in [0.05, 0.1) is 4.88 Å². The fraction of sp³-hybridized carbons (Fsp3) is 0.300. The summed E-state index contributed by atoms with van der Waals surface area (Å²) >= 11 is 7.51. The van der Waals surface area contributed by atoms with Gasteiger partial charge in [0.25, 0.3) is 10.6 Å². The molecule has 162 valence electrons. The van der Waals surface area contributed by atoms with E-state index in [-0.39, 0.29) is 30.3 Å². The number of halogens is 1. The lowest BCUT2D eigenvalue weighted by Gasteiger charge is -2.09. The number of aliphatic hydroxyl groups is 1. The molecule has 4 aromatic rings. The number of aromatic amines is 1. The maximum atomic E-state index is 13.3. The van der Waals surface area contributed by atoms with Crippen LogP contribution in [0.1, 0.15) is 16.3 Å². The van der Waals surface area contributed by atoms with Crippen LogP contribution in [0.5, 0.6) is 11.8 Å². The molecule has 4 rings (SSSR count). The number of benzene rings is 1. The topological polar surface area (TPSA) is 105 Å². The molecule has 0 radical (unpaired) electrons. The minimum atomic E-state index is -0.493. The fourth-order valence-corrected chi connectivity index (χ4v) is 4.21. The van der Waals surface area contributed by atoms with Gasteiger partial charge in [0.2, 0.25) is 0 Å². The number of aliphatic hydroxyl groups excluding tert-OH is 1. The largest absolute Gasteiger partial charge is 0.425 e. The zero-order valence-electron chi connectivity index (χ0n) is 17.0. The first-order valence-corrected chi connectivity index (χ1v) is 10.8. The van der Waals surface area contributed by atoms with E-state index in [0.29, 0.717) is 23.7 Å². The molecule has 3 heterocycles. The van der Waals surface area contributed by atoms with Crippen LogP contribution in [0.2, 0.25) is 5.02 Å². The second-order valence-corrected chi connectivity index (χ2v) is 8.79. The molecule has 0 aliphatic heterocycles. The van der Waals surface area contributed by atoms with E-state index in [1.807, 2.05) is 13.1 Å². The van der Waals surface area contributed by atoms with Gasteiger partial charge in [-0.1, -0.05) is 22.9 Å². The van der Waals surface area contributed by atoms with Crippen LogP contribution in [0.3, 0.4) is 0 Å². The summed E-state index contributed by atoms with van der Waals surface area (Å²) < 4.78 is 10.1. The number of nitrogens with one attached hydrogen (secondary N) is 1. The summed E-state index contributed by atoms with van der Waals surface area (Å²) in [5.41, 5.74) is -0.485. The van der Waals surface area contributed by atoms with E-state index in [9.17, 15) is 9.59 Å². The number of hydrogen-bond donors (Lipinski definition) is 1. The monoisotopic (exact) mass is 462 g/mol. The summed E-state index contributed by atoms with van der Waals surface area (Å²) in [5.74, 6) is 0.498. The standard InChI is InChI=1S/C20H20ClN5O4S/c1-12-10-22-15(31-12)11-26-16-17(23-19(26)30-14-6-4-13(21)5-7-14)24(2)20(29)25(18(16)28)8-3-9-27/h4-7,10,27H,3,8-9,11H2,1-2H3/p+1. The van der Waals surface area contributed by atoms with Crippen molar-refractivity contribution in [2.45, 2.75) is 26.4 Å². The molecular weight excluding hydrogens is 442 g/mol. The molecule has 9 nitrogen and oxygen atoms in total. The normalized spacial score (nSPS) is 11.4. The number of nitrogens with zero attached hydrogens (tertiary/aromatic N) is 4. The van der Waals surface area contributed by atoms with E-state index in [1.165, 1.54) is 4.57 Å². The summed E-state index contributed by atoms with van der Waals surface area (Å²) in [5, 5.41) is 10.6. The first-order valence-electron chi connectivity index (χ1n) is 9.60. The molecule has 0 fully saturated rings. The van der Waals surface area contributed by atoms with Crippen molar-refractivity contribution in [2.24, 2.45) is 7.05 Å². The molecule has 0 aliphatic carbocycles. The average molecular weight is 463 g/mol. The Kier molecular flexibility index (Phi) is 5.94.